The van der Waals surface area contributed by atoms with E-state index in [1.54, 1.807) is 6.07 Å². The zero-order valence-corrected chi connectivity index (χ0v) is 12.6. The highest BCUT2D eigenvalue weighted by molar-refractivity contribution is 9.10. The molecule has 23 heavy (non-hydrogen) atoms. The quantitative estimate of drug-likeness (QED) is 0.718. The Bertz CT molecular complexity index is 820. The van der Waals surface area contributed by atoms with Crippen LogP contribution in [-0.2, 0) is 0 Å². The topological polar surface area (TPSA) is 131 Å². The number of benzene rings is 1. The van der Waals surface area contributed by atoms with Crippen LogP contribution in [-0.4, -0.2) is 21.4 Å². The molecular weight excluding hydrogens is 383 g/mol. The first-order chi connectivity index (χ1) is 10.6. The fourth-order valence-electron chi connectivity index (χ4n) is 1.76. The minimum absolute atomic E-state index is 0.143. The lowest BCUT2D eigenvalue weighted by Gasteiger charge is -2.14. The van der Waals surface area contributed by atoms with Gasteiger partial charge in [0.25, 0.3) is 0 Å². The molecule has 0 spiro atoms. The van der Waals surface area contributed by atoms with Crippen LogP contribution in [0.1, 0.15) is 5.56 Å². The maximum absolute atomic E-state index is 12.4. The van der Waals surface area contributed by atoms with Gasteiger partial charge in [0.05, 0.1) is 5.69 Å². The average Bonchev–Trinajstić information content (AvgIpc) is 2.40. The van der Waals surface area contributed by atoms with Gasteiger partial charge in [-0.3, -0.25) is 0 Å². The lowest BCUT2D eigenvalue weighted by Crippen LogP contribution is -2.17. The molecule has 0 unspecified atom stereocenters. The molecular formula is C12H7BrF3N5O2. The van der Waals surface area contributed by atoms with E-state index in [1.165, 1.54) is 6.07 Å². The summed E-state index contributed by atoms with van der Waals surface area (Å²) in [5.41, 5.74) is 10.3. The van der Waals surface area contributed by atoms with Crippen LogP contribution < -0.4 is 16.2 Å². The number of phenols is 1. The number of rotatable bonds is 2. The Balaban J connectivity index is 2.73. The molecule has 0 fully saturated rings. The Morgan fingerprint density at radius 2 is 1.91 bits per heavy atom. The van der Waals surface area contributed by atoms with Gasteiger partial charge in [-0.1, -0.05) is 15.9 Å². The summed E-state index contributed by atoms with van der Waals surface area (Å²) in [6.45, 7) is 0. The second-order valence-electron chi connectivity index (χ2n) is 4.15. The van der Waals surface area contributed by atoms with E-state index in [2.05, 4.69) is 30.6 Å². The number of nitrogen functional groups attached to an aromatic ring is 2. The third-order valence-corrected chi connectivity index (χ3v) is 3.04. The fraction of sp³-hybridized carbons (Fsp3) is 0.0833. The van der Waals surface area contributed by atoms with Gasteiger partial charge in [-0.15, -0.1) is 13.2 Å². The molecule has 2 rings (SSSR count). The van der Waals surface area contributed by atoms with Crippen LogP contribution >= 0.6 is 15.9 Å². The predicted octanol–water partition coefficient (Wildman–Crippen LogP) is 2.55. The number of halogens is 4. The first kappa shape index (κ1) is 16.6. The van der Waals surface area contributed by atoms with E-state index in [4.69, 9.17) is 16.7 Å². The molecule has 0 saturated carbocycles. The number of alkyl halides is 3. The van der Waals surface area contributed by atoms with Gasteiger partial charge in [0.2, 0.25) is 5.95 Å². The van der Waals surface area contributed by atoms with E-state index >= 15 is 0 Å². The molecule has 5 N–H and O–H groups in total. The van der Waals surface area contributed by atoms with E-state index in [0.717, 1.165) is 6.07 Å². The highest BCUT2D eigenvalue weighted by Crippen LogP contribution is 2.42. The molecule has 0 atom stereocenters. The maximum atomic E-state index is 12.4. The van der Waals surface area contributed by atoms with Crippen molar-refractivity contribution in [1.29, 1.82) is 5.26 Å². The highest BCUT2D eigenvalue weighted by atomic mass is 79.9. The second kappa shape index (κ2) is 5.81. The van der Waals surface area contributed by atoms with Crippen molar-refractivity contribution in [2.24, 2.45) is 0 Å². The summed E-state index contributed by atoms with van der Waals surface area (Å²) in [6, 6.07) is 3.85. The highest BCUT2D eigenvalue weighted by Gasteiger charge is 2.33. The molecule has 0 saturated heterocycles. The van der Waals surface area contributed by atoms with Crippen LogP contribution in [0.15, 0.2) is 16.6 Å². The summed E-state index contributed by atoms with van der Waals surface area (Å²) in [5, 5.41) is 19.1. The average molecular weight is 390 g/mol. The fourth-order valence-corrected chi connectivity index (χ4v) is 2.20. The molecule has 1 aromatic carbocycles. The number of aromatic hydroxyl groups is 1. The molecule has 0 aliphatic rings. The summed E-state index contributed by atoms with van der Waals surface area (Å²) >= 11 is 2.99. The van der Waals surface area contributed by atoms with E-state index in [-0.39, 0.29) is 33.1 Å². The van der Waals surface area contributed by atoms with Crippen molar-refractivity contribution >= 4 is 27.7 Å². The number of nitriles is 1. The molecule has 120 valence electrons. The van der Waals surface area contributed by atoms with Gasteiger partial charge in [-0.2, -0.15) is 10.2 Å². The number of hydrogen-bond donors (Lipinski definition) is 3. The second-order valence-corrected chi connectivity index (χ2v) is 5.07. The largest absolute Gasteiger partial charge is 0.573 e. The van der Waals surface area contributed by atoms with Crippen molar-refractivity contribution < 1.29 is 23.0 Å². The maximum Gasteiger partial charge on any atom is 0.573 e. The number of phenolic OH excluding ortho intramolecular Hbond substituents is 1. The Labute approximate surface area is 135 Å². The lowest BCUT2D eigenvalue weighted by molar-refractivity contribution is -0.275. The van der Waals surface area contributed by atoms with Crippen molar-refractivity contribution in [1.82, 2.24) is 9.97 Å². The molecule has 0 aliphatic heterocycles. The third-order valence-electron chi connectivity index (χ3n) is 2.59. The molecule has 7 nitrogen and oxygen atoms in total. The molecule has 11 heteroatoms. The number of ether oxygens (including phenoxy) is 1. The van der Waals surface area contributed by atoms with Crippen molar-refractivity contribution in [2.75, 3.05) is 11.5 Å². The van der Waals surface area contributed by atoms with E-state index < -0.39 is 17.9 Å². The van der Waals surface area contributed by atoms with Crippen LogP contribution in [0.25, 0.3) is 11.3 Å². The minimum Gasteiger partial charge on any atom is -0.504 e. The summed E-state index contributed by atoms with van der Waals surface area (Å²) < 4.78 is 41.1. The molecule has 0 radical (unpaired) electrons. The first-order valence-corrected chi connectivity index (χ1v) is 6.53. The van der Waals surface area contributed by atoms with Gasteiger partial charge in [0.15, 0.2) is 11.5 Å². The smallest absolute Gasteiger partial charge is 0.504 e. The molecule has 0 aliphatic carbocycles. The van der Waals surface area contributed by atoms with Crippen LogP contribution in [0.3, 0.4) is 0 Å². The first-order valence-electron chi connectivity index (χ1n) is 5.74. The van der Waals surface area contributed by atoms with E-state index in [9.17, 15) is 18.3 Å². The van der Waals surface area contributed by atoms with Crippen molar-refractivity contribution in [2.45, 2.75) is 6.36 Å². The Kier molecular flexibility index (Phi) is 4.20. The lowest BCUT2D eigenvalue weighted by atomic mass is 10.1. The van der Waals surface area contributed by atoms with Gasteiger partial charge in [0, 0.05) is 10.0 Å². The van der Waals surface area contributed by atoms with Gasteiger partial charge in [-0.25, -0.2) is 4.98 Å². The van der Waals surface area contributed by atoms with Crippen molar-refractivity contribution in [3.05, 3.63) is 22.2 Å². The number of nitrogens with zero attached hydrogens (tertiary/aromatic N) is 3. The number of aromatic nitrogens is 2. The SMILES string of the molecule is N#Cc1c(N)nc(N)nc1-c1cc(Br)cc(OC(F)(F)F)c1O. The summed E-state index contributed by atoms with van der Waals surface area (Å²) in [7, 11) is 0. The Morgan fingerprint density at radius 3 is 2.48 bits per heavy atom. The zero-order chi connectivity index (χ0) is 17.4. The van der Waals surface area contributed by atoms with E-state index in [0.29, 0.717) is 0 Å². The third kappa shape index (κ3) is 3.54. The van der Waals surface area contributed by atoms with Crippen LogP contribution in [0.4, 0.5) is 24.9 Å². The summed E-state index contributed by atoms with van der Waals surface area (Å²) in [6.07, 6.45) is -5.02. The molecule has 0 bridgehead atoms. The summed E-state index contributed by atoms with van der Waals surface area (Å²) in [4.78, 5) is 7.34. The van der Waals surface area contributed by atoms with Crippen LogP contribution in [0, 0.1) is 11.3 Å². The van der Waals surface area contributed by atoms with Crippen LogP contribution in [0.5, 0.6) is 11.5 Å². The van der Waals surface area contributed by atoms with E-state index in [1.807, 2.05) is 0 Å². The standard InChI is InChI=1S/C12H7BrF3N5O2/c13-4-1-5(9(22)7(2-4)23-12(14,15)16)8-6(3-17)10(18)21-11(19)20-8/h1-2,22H,(H4,18,19,20,21). The Hall–Kier alpha value is -2.74. The monoisotopic (exact) mass is 389 g/mol. The van der Waals surface area contributed by atoms with Crippen molar-refractivity contribution in [3.63, 3.8) is 0 Å². The van der Waals surface area contributed by atoms with Gasteiger partial charge in [0.1, 0.15) is 17.5 Å². The minimum atomic E-state index is -5.02. The number of hydrogen-bond acceptors (Lipinski definition) is 7. The van der Waals surface area contributed by atoms with Crippen molar-refractivity contribution in [3.8, 4) is 28.8 Å². The van der Waals surface area contributed by atoms with Gasteiger partial charge in [-0.05, 0) is 12.1 Å². The molecule has 1 aromatic heterocycles. The Morgan fingerprint density at radius 1 is 1.26 bits per heavy atom. The normalized spacial score (nSPS) is 11.1. The number of anilines is 2. The zero-order valence-electron chi connectivity index (χ0n) is 11.0. The number of nitrogens with two attached hydrogens (primary N) is 2. The van der Waals surface area contributed by atoms with Gasteiger partial charge >= 0.3 is 6.36 Å². The summed E-state index contributed by atoms with van der Waals surface area (Å²) in [5.74, 6) is -2.33. The predicted molar refractivity (Wildman–Crippen MR) is 77.1 cm³/mol. The molecule has 0 amide bonds. The molecule has 2 aromatic rings. The van der Waals surface area contributed by atoms with Crippen LogP contribution in [0.2, 0.25) is 0 Å². The molecule has 1 heterocycles. The van der Waals surface area contributed by atoms with Gasteiger partial charge < -0.3 is 21.3 Å².